The van der Waals surface area contributed by atoms with Gasteiger partial charge in [-0.2, -0.15) is 10.1 Å². The fourth-order valence-corrected chi connectivity index (χ4v) is 1.24. The Balaban J connectivity index is 1.67. The van der Waals surface area contributed by atoms with Crippen LogP contribution in [0.2, 0.25) is 0 Å². The van der Waals surface area contributed by atoms with E-state index in [4.69, 9.17) is 4.52 Å². The second kappa shape index (κ2) is 4.59. The van der Waals surface area contributed by atoms with Crippen LogP contribution in [0.25, 0.3) is 0 Å². The van der Waals surface area contributed by atoms with Crippen molar-refractivity contribution in [2.45, 2.75) is 19.9 Å². The smallest absolute Gasteiger partial charge is 0.321 e. The third-order valence-corrected chi connectivity index (χ3v) is 1.93. The summed E-state index contributed by atoms with van der Waals surface area (Å²) in [6, 6.07) is 2.39. The van der Waals surface area contributed by atoms with Gasteiger partial charge in [0.25, 0.3) is 0 Å². The Labute approximate surface area is 87.3 Å². The molecule has 0 amide bonds. The van der Waals surface area contributed by atoms with Gasteiger partial charge in [-0.1, -0.05) is 5.16 Å². The van der Waals surface area contributed by atoms with Gasteiger partial charge in [-0.15, -0.1) is 0 Å². The zero-order valence-electron chi connectivity index (χ0n) is 8.55. The molecule has 2 rings (SSSR count). The number of hydrogen-bond acceptors (Lipinski definition) is 5. The van der Waals surface area contributed by atoms with Crippen LogP contribution in [0.4, 0.5) is 6.01 Å². The Bertz CT molecular complexity index is 394. The highest BCUT2D eigenvalue weighted by Gasteiger charge is 1.99. The van der Waals surface area contributed by atoms with Crippen LogP contribution in [0, 0.1) is 6.92 Å². The van der Waals surface area contributed by atoms with Gasteiger partial charge in [-0.25, -0.2) is 0 Å². The lowest BCUT2D eigenvalue weighted by molar-refractivity contribution is 0.424. The van der Waals surface area contributed by atoms with Gasteiger partial charge in [-0.05, 0) is 19.4 Å². The summed E-state index contributed by atoms with van der Waals surface area (Å²) in [6.45, 7) is 3.47. The minimum absolute atomic E-state index is 0.480. The number of nitrogens with one attached hydrogen (secondary N) is 1. The van der Waals surface area contributed by atoms with E-state index in [1.54, 1.807) is 13.1 Å². The van der Waals surface area contributed by atoms with Crippen LogP contribution in [0.3, 0.4) is 0 Å². The molecule has 0 atom stereocenters. The molecular formula is C9H13N5O. The Morgan fingerprint density at radius 2 is 2.47 bits per heavy atom. The molecule has 0 saturated carbocycles. The minimum Gasteiger partial charge on any atom is -0.338 e. The van der Waals surface area contributed by atoms with Crippen molar-refractivity contribution in [3.63, 3.8) is 0 Å². The van der Waals surface area contributed by atoms with E-state index < -0.39 is 0 Å². The Kier molecular flexibility index (Phi) is 2.96. The van der Waals surface area contributed by atoms with Crippen LogP contribution < -0.4 is 5.32 Å². The first-order valence-corrected chi connectivity index (χ1v) is 4.86. The molecule has 2 aromatic heterocycles. The SMILES string of the molecule is Cc1noc(NCCCn2cccn2)n1. The maximum Gasteiger partial charge on any atom is 0.321 e. The van der Waals surface area contributed by atoms with Gasteiger partial charge in [0.2, 0.25) is 0 Å². The van der Waals surface area contributed by atoms with E-state index in [-0.39, 0.29) is 0 Å². The molecule has 2 aromatic rings. The zero-order chi connectivity index (χ0) is 10.5. The first-order valence-electron chi connectivity index (χ1n) is 4.86. The monoisotopic (exact) mass is 207 g/mol. The summed E-state index contributed by atoms with van der Waals surface area (Å²) in [5.74, 6) is 0.643. The van der Waals surface area contributed by atoms with Crippen molar-refractivity contribution >= 4 is 6.01 Å². The summed E-state index contributed by atoms with van der Waals surface area (Å²) < 4.78 is 6.80. The fraction of sp³-hybridized carbons (Fsp3) is 0.444. The maximum absolute atomic E-state index is 4.91. The quantitative estimate of drug-likeness (QED) is 0.743. The van der Waals surface area contributed by atoms with Crippen LogP contribution in [0.1, 0.15) is 12.2 Å². The second-order valence-electron chi connectivity index (χ2n) is 3.20. The average molecular weight is 207 g/mol. The van der Waals surface area contributed by atoms with Crippen molar-refractivity contribution in [3.05, 3.63) is 24.3 Å². The van der Waals surface area contributed by atoms with Crippen LogP contribution in [0.5, 0.6) is 0 Å². The van der Waals surface area contributed by atoms with Crippen molar-refractivity contribution in [2.24, 2.45) is 0 Å². The summed E-state index contributed by atoms with van der Waals surface area (Å²) in [5.41, 5.74) is 0. The molecule has 0 spiro atoms. The summed E-state index contributed by atoms with van der Waals surface area (Å²) in [5, 5.41) is 10.8. The highest BCUT2D eigenvalue weighted by atomic mass is 16.5. The third-order valence-electron chi connectivity index (χ3n) is 1.93. The summed E-state index contributed by atoms with van der Waals surface area (Å²) in [7, 11) is 0. The third kappa shape index (κ3) is 2.80. The number of aromatic nitrogens is 4. The number of nitrogens with zero attached hydrogens (tertiary/aromatic N) is 4. The zero-order valence-corrected chi connectivity index (χ0v) is 8.55. The molecule has 0 fully saturated rings. The highest BCUT2D eigenvalue weighted by Crippen LogP contribution is 2.01. The molecule has 6 heteroatoms. The molecular weight excluding hydrogens is 194 g/mol. The van der Waals surface area contributed by atoms with Crippen LogP contribution in [0.15, 0.2) is 23.0 Å². The van der Waals surface area contributed by atoms with Gasteiger partial charge in [0.1, 0.15) is 0 Å². The van der Waals surface area contributed by atoms with E-state index in [0.29, 0.717) is 11.8 Å². The summed E-state index contributed by atoms with van der Waals surface area (Å²) in [4.78, 5) is 4.03. The topological polar surface area (TPSA) is 68.8 Å². The van der Waals surface area contributed by atoms with E-state index >= 15 is 0 Å². The van der Waals surface area contributed by atoms with E-state index in [0.717, 1.165) is 19.5 Å². The van der Waals surface area contributed by atoms with Gasteiger partial charge < -0.3 is 9.84 Å². The lowest BCUT2D eigenvalue weighted by Crippen LogP contribution is -2.07. The highest BCUT2D eigenvalue weighted by molar-refractivity contribution is 5.17. The molecule has 0 unspecified atom stereocenters. The maximum atomic E-state index is 4.91. The van der Waals surface area contributed by atoms with Crippen LogP contribution >= 0.6 is 0 Å². The number of anilines is 1. The van der Waals surface area contributed by atoms with Gasteiger partial charge in [0.05, 0.1) is 0 Å². The van der Waals surface area contributed by atoms with Crippen molar-refractivity contribution in [3.8, 4) is 0 Å². The van der Waals surface area contributed by atoms with Gasteiger partial charge in [0.15, 0.2) is 5.82 Å². The lowest BCUT2D eigenvalue weighted by Gasteiger charge is -2.01. The molecule has 0 aliphatic rings. The molecule has 15 heavy (non-hydrogen) atoms. The Morgan fingerprint density at radius 3 is 3.13 bits per heavy atom. The van der Waals surface area contributed by atoms with Gasteiger partial charge in [-0.3, -0.25) is 4.68 Å². The van der Waals surface area contributed by atoms with Crippen molar-refractivity contribution < 1.29 is 4.52 Å². The largest absolute Gasteiger partial charge is 0.338 e. The predicted octanol–water partition coefficient (Wildman–Crippen LogP) is 1.08. The van der Waals surface area contributed by atoms with E-state index in [9.17, 15) is 0 Å². The van der Waals surface area contributed by atoms with Crippen molar-refractivity contribution in [1.82, 2.24) is 19.9 Å². The fourth-order valence-electron chi connectivity index (χ4n) is 1.24. The Hall–Kier alpha value is -1.85. The molecule has 80 valence electrons. The second-order valence-corrected chi connectivity index (χ2v) is 3.20. The molecule has 6 nitrogen and oxygen atoms in total. The summed E-state index contributed by atoms with van der Waals surface area (Å²) >= 11 is 0. The van der Waals surface area contributed by atoms with Crippen LogP contribution in [-0.4, -0.2) is 26.5 Å². The first kappa shape index (κ1) is 9.70. The summed E-state index contributed by atoms with van der Waals surface area (Å²) in [6.07, 6.45) is 4.68. The molecule has 0 bridgehead atoms. The van der Waals surface area contributed by atoms with Crippen molar-refractivity contribution in [1.29, 1.82) is 0 Å². The first-order chi connectivity index (χ1) is 7.34. The van der Waals surface area contributed by atoms with Crippen molar-refractivity contribution in [2.75, 3.05) is 11.9 Å². The van der Waals surface area contributed by atoms with E-state index in [1.807, 2.05) is 16.9 Å². The Morgan fingerprint density at radius 1 is 1.53 bits per heavy atom. The number of rotatable bonds is 5. The molecule has 0 saturated heterocycles. The minimum atomic E-state index is 0.480. The number of aryl methyl sites for hydroxylation is 2. The van der Waals surface area contributed by atoms with Gasteiger partial charge in [0, 0.05) is 25.5 Å². The molecule has 0 radical (unpaired) electrons. The molecule has 0 aliphatic carbocycles. The van der Waals surface area contributed by atoms with E-state index in [1.165, 1.54) is 0 Å². The normalized spacial score (nSPS) is 10.5. The van der Waals surface area contributed by atoms with Crippen LogP contribution in [-0.2, 0) is 6.54 Å². The molecule has 0 aromatic carbocycles. The number of hydrogen-bond donors (Lipinski definition) is 1. The molecule has 1 N–H and O–H groups in total. The predicted molar refractivity (Wildman–Crippen MR) is 54.4 cm³/mol. The standard InChI is InChI=1S/C9H13N5O/c1-8-12-9(15-13-8)10-4-2-6-14-7-3-5-11-14/h3,5,7H,2,4,6H2,1H3,(H,10,12,13). The van der Waals surface area contributed by atoms with E-state index in [2.05, 4.69) is 20.6 Å². The average Bonchev–Trinajstić information content (AvgIpc) is 2.84. The molecule has 0 aliphatic heterocycles. The van der Waals surface area contributed by atoms with Gasteiger partial charge >= 0.3 is 6.01 Å². The molecule has 2 heterocycles. The lowest BCUT2D eigenvalue weighted by atomic mass is 10.4.